The Kier molecular flexibility index (Phi) is 4.68. The summed E-state index contributed by atoms with van der Waals surface area (Å²) in [5.41, 5.74) is -0.457. The molecular formula is C16H17F3N4OS. The van der Waals surface area contributed by atoms with Crippen molar-refractivity contribution in [1.82, 2.24) is 20.1 Å². The Labute approximate surface area is 147 Å². The minimum absolute atomic E-state index is 0.199. The molecule has 0 unspecified atom stereocenters. The number of benzene rings is 1. The molecule has 1 aromatic carbocycles. The molecule has 2 aromatic rings. The molecule has 0 aliphatic heterocycles. The Hall–Kier alpha value is -2.16. The summed E-state index contributed by atoms with van der Waals surface area (Å²) in [6.07, 6.45) is -3.48. The van der Waals surface area contributed by atoms with Gasteiger partial charge < -0.3 is 9.88 Å². The van der Waals surface area contributed by atoms with Crippen LogP contribution in [0.5, 0.6) is 0 Å². The number of nitrogens with zero attached hydrogens (tertiary/aromatic N) is 2. The molecule has 0 spiro atoms. The highest BCUT2D eigenvalue weighted by molar-refractivity contribution is 7.71. The second-order valence-corrected chi connectivity index (χ2v) is 6.47. The number of carbonyl (C=O) groups excluding carboxylic acids is 1. The second-order valence-electron chi connectivity index (χ2n) is 6.08. The lowest BCUT2D eigenvalue weighted by molar-refractivity contribution is -0.138. The maximum Gasteiger partial charge on any atom is 0.416 e. The SMILES string of the molecule is Cn1c(CCNC(=O)[C@@H]2C[C@H]2c2ccccc2C(F)(F)F)n[nH]c1=S. The smallest absolute Gasteiger partial charge is 0.355 e. The van der Waals surface area contributed by atoms with Crippen LogP contribution in [0, 0.1) is 10.7 Å². The molecule has 1 heterocycles. The Morgan fingerprint density at radius 3 is 2.80 bits per heavy atom. The van der Waals surface area contributed by atoms with E-state index in [0.29, 0.717) is 30.0 Å². The van der Waals surface area contributed by atoms with Gasteiger partial charge in [-0.25, -0.2) is 0 Å². The van der Waals surface area contributed by atoms with Crippen molar-refractivity contribution in [1.29, 1.82) is 0 Å². The summed E-state index contributed by atoms with van der Waals surface area (Å²) in [7, 11) is 1.77. The molecule has 1 aliphatic carbocycles. The third kappa shape index (κ3) is 3.76. The number of H-pyrrole nitrogens is 1. The molecule has 1 aliphatic rings. The highest BCUT2D eigenvalue weighted by Crippen LogP contribution is 2.50. The van der Waals surface area contributed by atoms with Gasteiger partial charge in [0.05, 0.1) is 5.56 Å². The zero-order valence-corrected chi connectivity index (χ0v) is 14.2. The van der Waals surface area contributed by atoms with Crippen LogP contribution in [0.3, 0.4) is 0 Å². The monoisotopic (exact) mass is 370 g/mol. The molecule has 0 saturated heterocycles. The van der Waals surface area contributed by atoms with Crippen LogP contribution in [0.2, 0.25) is 0 Å². The van der Waals surface area contributed by atoms with Crippen molar-refractivity contribution in [2.75, 3.05) is 6.54 Å². The van der Waals surface area contributed by atoms with E-state index in [4.69, 9.17) is 12.2 Å². The summed E-state index contributed by atoms with van der Waals surface area (Å²) in [6.45, 7) is 0.358. The first-order valence-electron chi connectivity index (χ1n) is 7.83. The molecule has 2 N–H and O–H groups in total. The van der Waals surface area contributed by atoms with Gasteiger partial charge in [0.1, 0.15) is 5.82 Å². The van der Waals surface area contributed by atoms with Gasteiger partial charge in [-0.05, 0) is 36.2 Å². The van der Waals surface area contributed by atoms with E-state index in [1.165, 1.54) is 12.1 Å². The van der Waals surface area contributed by atoms with Crippen LogP contribution in [0.1, 0.15) is 29.3 Å². The fourth-order valence-electron chi connectivity index (χ4n) is 2.94. The third-order valence-electron chi connectivity index (χ3n) is 4.41. The zero-order chi connectivity index (χ0) is 18.2. The topological polar surface area (TPSA) is 62.7 Å². The first-order valence-corrected chi connectivity index (χ1v) is 8.24. The van der Waals surface area contributed by atoms with Crippen LogP contribution >= 0.6 is 12.2 Å². The third-order valence-corrected chi connectivity index (χ3v) is 4.78. The van der Waals surface area contributed by atoms with Crippen molar-refractivity contribution in [3.63, 3.8) is 0 Å². The summed E-state index contributed by atoms with van der Waals surface area (Å²) < 4.78 is 41.4. The van der Waals surface area contributed by atoms with Gasteiger partial charge in [-0.3, -0.25) is 9.89 Å². The number of hydrogen-bond acceptors (Lipinski definition) is 3. The summed E-state index contributed by atoms with van der Waals surface area (Å²) in [4.78, 5) is 12.2. The summed E-state index contributed by atoms with van der Waals surface area (Å²) >= 11 is 5.01. The summed E-state index contributed by atoms with van der Waals surface area (Å²) in [5, 5.41) is 9.46. The van der Waals surface area contributed by atoms with Gasteiger partial charge in [0.2, 0.25) is 5.91 Å². The number of aromatic nitrogens is 3. The number of alkyl halides is 3. The van der Waals surface area contributed by atoms with E-state index in [0.717, 1.165) is 6.07 Å². The molecule has 1 saturated carbocycles. The average molecular weight is 370 g/mol. The van der Waals surface area contributed by atoms with Crippen molar-refractivity contribution in [3.05, 3.63) is 46.0 Å². The van der Waals surface area contributed by atoms with Crippen molar-refractivity contribution in [2.45, 2.75) is 24.9 Å². The number of rotatable bonds is 5. The minimum Gasteiger partial charge on any atom is -0.355 e. The molecule has 134 valence electrons. The highest BCUT2D eigenvalue weighted by atomic mass is 32.1. The predicted molar refractivity (Wildman–Crippen MR) is 87.4 cm³/mol. The molecule has 0 radical (unpaired) electrons. The Morgan fingerprint density at radius 2 is 2.16 bits per heavy atom. The van der Waals surface area contributed by atoms with Gasteiger partial charge >= 0.3 is 6.18 Å². The minimum atomic E-state index is -4.41. The first-order chi connectivity index (χ1) is 11.8. The van der Waals surface area contributed by atoms with Gasteiger partial charge in [0, 0.05) is 25.9 Å². The quantitative estimate of drug-likeness (QED) is 0.796. The van der Waals surface area contributed by atoms with Gasteiger partial charge in [-0.15, -0.1) is 0 Å². The molecule has 2 atom stereocenters. The lowest BCUT2D eigenvalue weighted by Crippen LogP contribution is -2.28. The van der Waals surface area contributed by atoms with E-state index in [9.17, 15) is 18.0 Å². The number of halogens is 3. The van der Waals surface area contributed by atoms with Crippen LogP contribution in [-0.4, -0.2) is 27.2 Å². The van der Waals surface area contributed by atoms with Gasteiger partial charge in [-0.1, -0.05) is 18.2 Å². The number of carbonyl (C=O) groups is 1. The molecule has 1 aromatic heterocycles. The Morgan fingerprint density at radius 1 is 1.44 bits per heavy atom. The van der Waals surface area contributed by atoms with Crippen LogP contribution in [-0.2, 0) is 24.4 Å². The fraction of sp³-hybridized carbons (Fsp3) is 0.438. The zero-order valence-electron chi connectivity index (χ0n) is 13.4. The summed E-state index contributed by atoms with van der Waals surface area (Å²) in [6, 6.07) is 5.45. The second kappa shape index (κ2) is 6.62. The molecule has 1 amide bonds. The van der Waals surface area contributed by atoms with E-state index in [-0.39, 0.29) is 17.4 Å². The molecule has 5 nitrogen and oxygen atoms in total. The van der Waals surface area contributed by atoms with Crippen molar-refractivity contribution < 1.29 is 18.0 Å². The maximum absolute atomic E-state index is 13.1. The largest absolute Gasteiger partial charge is 0.416 e. The van der Waals surface area contributed by atoms with E-state index >= 15 is 0 Å². The molecule has 3 rings (SSSR count). The van der Waals surface area contributed by atoms with Gasteiger partial charge in [0.25, 0.3) is 0 Å². The maximum atomic E-state index is 13.1. The Bertz CT molecular complexity index is 842. The van der Waals surface area contributed by atoms with Crippen LogP contribution in [0.25, 0.3) is 0 Å². The molecule has 1 fully saturated rings. The Balaban J connectivity index is 1.58. The first kappa shape index (κ1) is 17.7. The molecular weight excluding hydrogens is 353 g/mol. The standard InChI is InChI=1S/C16H17F3N4OS/c1-23-13(21-22-15(23)25)6-7-20-14(24)11-8-10(11)9-4-2-3-5-12(9)16(17,18)19/h2-5,10-11H,6-8H2,1H3,(H,20,24)(H,22,25)/t10-,11+/m0/s1. The van der Waals surface area contributed by atoms with E-state index < -0.39 is 17.7 Å². The van der Waals surface area contributed by atoms with Crippen LogP contribution in [0.4, 0.5) is 13.2 Å². The number of aromatic amines is 1. The average Bonchev–Trinajstić information content (AvgIpc) is 3.30. The van der Waals surface area contributed by atoms with Crippen LogP contribution in [0.15, 0.2) is 24.3 Å². The number of amides is 1. The lowest BCUT2D eigenvalue weighted by Gasteiger charge is -2.12. The van der Waals surface area contributed by atoms with Crippen molar-refractivity contribution >= 4 is 18.1 Å². The van der Waals surface area contributed by atoms with Crippen LogP contribution < -0.4 is 5.32 Å². The normalized spacial score (nSPS) is 19.7. The van der Waals surface area contributed by atoms with E-state index in [1.807, 2.05) is 0 Å². The van der Waals surface area contributed by atoms with Crippen molar-refractivity contribution in [3.8, 4) is 0 Å². The lowest BCUT2D eigenvalue weighted by atomic mass is 10.0. The predicted octanol–water partition coefficient (Wildman–Crippen LogP) is 2.96. The highest BCUT2D eigenvalue weighted by Gasteiger charge is 2.47. The van der Waals surface area contributed by atoms with E-state index in [2.05, 4.69) is 15.5 Å². The van der Waals surface area contributed by atoms with Gasteiger partial charge in [-0.2, -0.15) is 18.3 Å². The molecule has 9 heteroatoms. The van der Waals surface area contributed by atoms with E-state index in [1.54, 1.807) is 17.7 Å². The van der Waals surface area contributed by atoms with Gasteiger partial charge in [0.15, 0.2) is 4.77 Å². The number of nitrogens with one attached hydrogen (secondary N) is 2. The number of hydrogen-bond donors (Lipinski definition) is 2. The fourth-order valence-corrected chi connectivity index (χ4v) is 3.09. The molecule has 0 bridgehead atoms. The van der Waals surface area contributed by atoms with Crippen molar-refractivity contribution in [2.24, 2.45) is 13.0 Å². The molecule has 25 heavy (non-hydrogen) atoms. The summed E-state index contributed by atoms with van der Waals surface area (Å²) in [5.74, 6) is -0.302.